The van der Waals surface area contributed by atoms with Crippen LogP contribution in [0.3, 0.4) is 0 Å². The summed E-state index contributed by atoms with van der Waals surface area (Å²) in [6, 6.07) is 8.77. The van der Waals surface area contributed by atoms with E-state index < -0.39 is 0 Å². The van der Waals surface area contributed by atoms with Gasteiger partial charge in [0.05, 0.1) is 6.33 Å². The average Bonchev–Trinajstić information content (AvgIpc) is 3.52. The zero-order chi connectivity index (χ0) is 25.2. The SMILES string of the molecule is C=CC(=O)N1CC[C@@H](Nc2nc(Nc3ccc(N4CCN(C)CC4)cc3)c3ncn(C(C)C)c3n2)C1. The Kier molecular flexibility index (Phi) is 6.77. The normalized spacial score (nSPS) is 18.7. The number of rotatable bonds is 7. The number of aromatic nitrogens is 4. The number of nitrogens with zero attached hydrogens (tertiary/aromatic N) is 7. The van der Waals surface area contributed by atoms with E-state index in [2.05, 4.69) is 77.2 Å². The van der Waals surface area contributed by atoms with Crippen LogP contribution in [-0.4, -0.2) is 87.6 Å². The first kappa shape index (κ1) is 24.1. The maximum atomic E-state index is 12.0. The number of benzene rings is 1. The van der Waals surface area contributed by atoms with E-state index >= 15 is 0 Å². The van der Waals surface area contributed by atoms with Gasteiger partial charge in [-0.3, -0.25) is 4.79 Å². The van der Waals surface area contributed by atoms with Crippen molar-refractivity contribution < 1.29 is 4.79 Å². The fraction of sp³-hybridized carbons (Fsp3) is 0.462. The largest absolute Gasteiger partial charge is 0.369 e. The monoisotopic (exact) mass is 489 g/mol. The van der Waals surface area contributed by atoms with E-state index in [0.717, 1.165) is 49.5 Å². The number of imidazole rings is 1. The molecule has 2 aliphatic heterocycles. The molecule has 3 aromatic rings. The van der Waals surface area contributed by atoms with E-state index in [4.69, 9.17) is 9.97 Å². The first-order valence-corrected chi connectivity index (χ1v) is 12.6. The van der Waals surface area contributed by atoms with Gasteiger partial charge in [-0.1, -0.05) is 6.58 Å². The minimum absolute atomic E-state index is 0.0454. The van der Waals surface area contributed by atoms with Crippen LogP contribution < -0.4 is 15.5 Å². The number of likely N-dealkylation sites (N-methyl/N-ethyl adjacent to an activating group) is 1. The Morgan fingerprint density at radius 2 is 1.86 bits per heavy atom. The molecule has 5 rings (SSSR count). The van der Waals surface area contributed by atoms with Crippen molar-refractivity contribution in [2.45, 2.75) is 32.4 Å². The standard InChI is InChI=1S/C26H35N9O/c1-5-22(36)34-11-10-20(16-34)29-26-30-24(23-25(31-26)35(17-27-23)18(2)3)28-19-6-8-21(9-7-19)33-14-12-32(4)13-15-33/h5-9,17-18,20H,1,10-16H2,2-4H3,(H2,28,29,30,31)/t20-/m1/s1. The molecule has 36 heavy (non-hydrogen) atoms. The van der Waals surface area contributed by atoms with Crippen molar-refractivity contribution >= 4 is 40.2 Å². The van der Waals surface area contributed by atoms with E-state index in [0.29, 0.717) is 24.9 Å². The molecule has 2 fully saturated rings. The predicted octanol–water partition coefficient (Wildman–Crippen LogP) is 3.10. The highest BCUT2D eigenvalue weighted by Gasteiger charge is 2.26. The van der Waals surface area contributed by atoms with Gasteiger partial charge in [-0.15, -0.1) is 0 Å². The highest BCUT2D eigenvalue weighted by atomic mass is 16.2. The number of hydrogen-bond donors (Lipinski definition) is 2. The zero-order valence-electron chi connectivity index (χ0n) is 21.3. The van der Waals surface area contributed by atoms with Crippen molar-refractivity contribution in [3.05, 3.63) is 43.2 Å². The summed E-state index contributed by atoms with van der Waals surface area (Å²) >= 11 is 0. The lowest BCUT2D eigenvalue weighted by Crippen LogP contribution is -2.44. The molecular weight excluding hydrogens is 454 g/mol. The third kappa shape index (κ3) is 4.99. The molecule has 1 amide bonds. The number of carbonyl (C=O) groups is 1. The summed E-state index contributed by atoms with van der Waals surface area (Å²) in [5.74, 6) is 1.14. The molecule has 0 unspecified atom stereocenters. The van der Waals surface area contributed by atoms with Gasteiger partial charge in [0.15, 0.2) is 17.0 Å². The summed E-state index contributed by atoms with van der Waals surface area (Å²) in [5, 5.41) is 6.90. The zero-order valence-corrected chi connectivity index (χ0v) is 21.3. The van der Waals surface area contributed by atoms with Crippen molar-refractivity contribution in [1.29, 1.82) is 0 Å². The van der Waals surface area contributed by atoms with Crippen LogP contribution in [0, 0.1) is 0 Å². The van der Waals surface area contributed by atoms with Crippen LogP contribution in [0.4, 0.5) is 23.1 Å². The molecule has 1 atom stereocenters. The van der Waals surface area contributed by atoms with Crippen LogP contribution in [0.25, 0.3) is 11.2 Å². The number of hydrogen-bond acceptors (Lipinski definition) is 8. The Hall–Kier alpha value is -3.66. The summed E-state index contributed by atoms with van der Waals surface area (Å²) in [5.41, 5.74) is 3.68. The van der Waals surface area contributed by atoms with Gasteiger partial charge in [0.25, 0.3) is 0 Å². The van der Waals surface area contributed by atoms with Crippen LogP contribution in [0.5, 0.6) is 0 Å². The maximum Gasteiger partial charge on any atom is 0.246 e. The van der Waals surface area contributed by atoms with Crippen molar-refractivity contribution in [3.8, 4) is 0 Å². The Bertz CT molecular complexity index is 1230. The molecular formula is C26H35N9O. The van der Waals surface area contributed by atoms with Crippen molar-refractivity contribution in [2.75, 3.05) is 61.8 Å². The molecule has 2 saturated heterocycles. The minimum Gasteiger partial charge on any atom is -0.369 e. The lowest BCUT2D eigenvalue weighted by atomic mass is 10.2. The lowest BCUT2D eigenvalue weighted by molar-refractivity contribution is -0.125. The Labute approximate surface area is 212 Å². The first-order chi connectivity index (χ1) is 17.4. The summed E-state index contributed by atoms with van der Waals surface area (Å²) < 4.78 is 2.05. The van der Waals surface area contributed by atoms with Crippen molar-refractivity contribution in [1.82, 2.24) is 29.3 Å². The first-order valence-electron chi connectivity index (χ1n) is 12.6. The summed E-state index contributed by atoms with van der Waals surface area (Å²) in [4.78, 5) is 32.8. The molecule has 2 N–H and O–H groups in total. The number of likely N-dealkylation sites (tertiary alicyclic amines) is 1. The van der Waals surface area contributed by atoms with Gasteiger partial charge in [-0.25, -0.2) is 4.98 Å². The van der Waals surface area contributed by atoms with Crippen LogP contribution in [0.15, 0.2) is 43.2 Å². The maximum absolute atomic E-state index is 12.0. The fourth-order valence-corrected chi connectivity index (χ4v) is 4.79. The summed E-state index contributed by atoms with van der Waals surface area (Å²) in [6.07, 6.45) is 4.01. The Balaban J connectivity index is 1.38. The molecule has 0 radical (unpaired) electrons. The van der Waals surface area contributed by atoms with Gasteiger partial charge in [-0.2, -0.15) is 9.97 Å². The van der Waals surface area contributed by atoms with Gasteiger partial charge < -0.3 is 29.9 Å². The molecule has 190 valence electrons. The quantitative estimate of drug-likeness (QED) is 0.489. The second kappa shape index (κ2) is 10.1. The molecule has 0 saturated carbocycles. The number of amides is 1. The molecule has 4 heterocycles. The number of piperazine rings is 1. The topological polar surface area (TPSA) is 94.5 Å². The Morgan fingerprint density at radius 1 is 1.11 bits per heavy atom. The highest BCUT2D eigenvalue weighted by Crippen LogP contribution is 2.28. The Morgan fingerprint density at radius 3 is 2.56 bits per heavy atom. The molecule has 10 nitrogen and oxygen atoms in total. The molecule has 0 bridgehead atoms. The molecule has 1 aromatic carbocycles. The minimum atomic E-state index is -0.0454. The molecule has 2 aliphatic rings. The van der Waals surface area contributed by atoms with Gasteiger partial charge in [0.1, 0.15) is 0 Å². The molecule has 10 heteroatoms. The molecule has 0 aliphatic carbocycles. The third-order valence-corrected chi connectivity index (χ3v) is 6.98. The second-order valence-electron chi connectivity index (χ2n) is 9.89. The van der Waals surface area contributed by atoms with Gasteiger partial charge in [0.2, 0.25) is 11.9 Å². The summed E-state index contributed by atoms with van der Waals surface area (Å²) in [6.45, 7) is 13.3. The summed E-state index contributed by atoms with van der Waals surface area (Å²) in [7, 11) is 2.17. The van der Waals surface area contributed by atoms with E-state index in [1.54, 1.807) is 4.90 Å². The van der Waals surface area contributed by atoms with E-state index in [-0.39, 0.29) is 18.0 Å². The van der Waals surface area contributed by atoms with Gasteiger partial charge >= 0.3 is 0 Å². The average molecular weight is 490 g/mol. The number of fused-ring (bicyclic) bond motifs is 1. The molecule has 2 aromatic heterocycles. The van der Waals surface area contributed by atoms with Crippen molar-refractivity contribution in [3.63, 3.8) is 0 Å². The lowest BCUT2D eigenvalue weighted by Gasteiger charge is -2.34. The van der Waals surface area contributed by atoms with Crippen LogP contribution >= 0.6 is 0 Å². The van der Waals surface area contributed by atoms with Crippen LogP contribution in [-0.2, 0) is 4.79 Å². The van der Waals surface area contributed by atoms with Gasteiger partial charge in [-0.05, 0) is 57.7 Å². The fourth-order valence-electron chi connectivity index (χ4n) is 4.79. The number of carbonyl (C=O) groups excluding carboxylic acids is 1. The van der Waals surface area contributed by atoms with Crippen LogP contribution in [0.2, 0.25) is 0 Å². The number of nitrogens with one attached hydrogen (secondary N) is 2. The van der Waals surface area contributed by atoms with E-state index in [9.17, 15) is 4.79 Å². The smallest absolute Gasteiger partial charge is 0.246 e. The highest BCUT2D eigenvalue weighted by molar-refractivity contribution is 5.88. The van der Waals surface area contributed by atoms with Gasteiger partial charge in [0, 0.05) is 62.7 Å². The van der Waals surface area contributed by atoms with E-state index in [1.165, 1.54) is 11.8 Å². The predicted molar refractivity (Wildman–Crippen MR) is 144 cm³/mol. The molecule has 0 spiro atoms. The third-order valence-electron chi connectivity index (χ3n) is 6.98. The van der Waals surface area contributed by atoms with E-state index in [1.807, 2.05) is 10.9 Å². The number of anilines is 4. The van der Waals surface area contributed by atoms with Crippen molar-refractivity contribution in [2.24, 2.45) is 0 Å². The van der Waals surface area contributed by atoms with Crippen LogP contribution in [0.1, 0.15) is 26.3 Å². The second-order valence-corrected chi connectivity index (χ2v) is 9.89.